The van der Waals surface area contributed by atoms with Gasteiger partial charge in [0.1, 0.15) is 18.2 Å². The summed E-state index contributed by atoms with van der Waals surface area (Å²) in [5, 5.41) is 11.7. The molecule has 0 aliphatic heterocycles. The lowest BCUT2D eigenvalue weighted by atomic mass is 10.1. The SMILES string of the molecule is N/C(=N/O)c1ccccc1COc1ccc(F)c(Br)c1. The molecule has 2 aromatic rings. The van der Waals surface area contributed by atoms with Crippen LogP contribution in [-0.4, -0.2) is 11.0 Å². The number of hydrogen-bond donors (Lipinski definition) is 2. The molecule has 4 nitrogen and oxygen atoms in total. The van der Waals surface area contributed by atoms with Gasteiger partial charge in [0, 0.05) is 11.1 Å². The van der Waals surface area contributed by atoms with E-state index in [9.17, 15) is 4.39 Å². The first-order chi connectivity index (χ1) is 9.61. The van der Waals surface area contributed by atoms with Crippen molar-refractivity contribution in [2.75, 3.05) is 0 Å². The predicted octanol–water partition coefficient (Wildman–Crippen LogP) is 3.26. The molecule has 0 aliphatic rings. The second kappa shape index (κ2) is 6.38. The Balaban J connectivity index is 2.17. The molecule has 6 heteroatoms. The molecule has 0 atom stereocenters. The van der Waals surface area contributed by atoms with Crippen molar-refractivity contribution in [1.82, 2.24) is 0 Å². The number of oxime groups is 1. The minimum atomic E-state index is -0.352. The average molecular weight is 339 g/mol. The van der Waals surface area contributed by atoms with Crippen molar-refractivity contribution in [1.29, 1.82) is 0 Å². The van der Waals surface area contributed by atoms with Crippen LogP contribution in [0, 0.1) is 5.82 Å². The van der Waals surface area contributed by atoms with E-state index in [4.69, 9.17) is 15.7 Å². The van der Waals surface area contributed by atoms with Crippen molar-refractivity contribution in [3.8, 4) is 5.75 Å². The third-order valence-electron chi connectivity index (χ3n) is 2.69. The maximum Gasteiger partial charge on any atom is 0.170 e. The topological polar surface area (TPSA) is 67.8 Å². The molecule has 0 saturated heterocycles. The van der Waals surface area contributed by atoms with E-state index in [0.29, 0.717) is 15.8 Å². The lowest BCUT2D eigenvalue weighted by Gasteiger charge is -2.10. The highest BCUT2D eigenvalue weighted by Gasteiger charge is 2.07. The van der Waals surface area contributed by atoms with Crippen LogP contribution in [0.25, 0.3) is 0 Å². The standard InChI is InChI=1S/C14H12BrFN2O2/c15-12-7-10(5-6-13(12)16)20-8-9-3-1-2-4-11(9)14(17)18-19/h1-7,19H,8H2,(H2,17,18). The Morgan fingerprint density at radius 1 is 1.30 bits per heavy atom. The molecule has 0 fully saturated rings. The highest BCUT2D eigenvalue weighted by molar-refractivity contribution is 9.10. The Morgan fingerprint density at radius 3 is 2.75 bits per heavy atom. The lowest BCUT2D eigenvalue weighted by molar-refractivity contribution is 0.304. The minimum absolute atomic E-state index is 0.0180. The first kappa shape index (κ1) is 14.3. The number of benzene rings is 2. The maximum atomic E-state index is 13.1. The first-order valence-electron chi connectivity index (χ1n) is 5.75. The summed E-state index contributed by atoms with van der Waals surface area (Å²) in [6.45, 7) is 0.227. The largest absolute Gasteiger partial charge is 0.489 e. The van der Waals surface area contributed by atoms with Crippen molar-refractivity contribution in [2.24, 2.45) is 10.9 Å². The van der Waals surface area contributed by atoms with Gasteiger partial charge < -0.3 is 15.7 Å². The third kappa shape index (κ3) is 3.27. The fraction of sp³-hybridized carbons (Fsp3) is 0.0714. The highest BCUT2D eigenvalue weighted by atomic mass is 79.9. The van der Waals surface area contributed by atoms with E-state index < -0.39 is 0 Å². The molecule has 0 amide bonds. The van der Waals surface area contributed by atoms with Crippen LogP contribution in [0.4, 0.5) is 4.39 Å². The van der Waals surface area contributed by atoms with Crippen LogP contribution in [-0.2, 0) is 6.61 Å². The van der Waals surface area contributed by atoms with Crippen LogP contribution in [0.5, 0.6) is 5.75 Å². The summed E-state index contributed by atoms with van der Waals surface area (Å²) in [5.74, 6) is 0.187. The van der Waals surface area contributed by atoms with Crippen LogP contribution in [0.2, 0.25) is 0 Å². The minimum Gasteiger partial charge on any atom is -0.489 e. The lowest BCUT2D eigenvalue weighted by Crippen LogP contribution is -2.16. The van der Waals surface area contributed by atoms with E-state index in [1.807, 2.05) is 12.1 Å². The molecule has 0 spiro atoms. The molecular formula is C14H12BrFN2O2. The Hall–Kier alpha value is -2.08. The molecule has 2 rings (SSSR count). The number of hydrogen-bond acceptors (Lipinski definition) is 3. The summed E-state index contributed by atoms with van der Waals surface area (Å²) in [4.78, 5) is 0. The van der Waals surface area contributed by atoms with Crippen molar-refractivity contribution in [3.63, 3.8) is 0 Å². The van der Waals surface area contributed by atoms with E-state index in [2.05, 4.69) is 21.1 Å². The van der Waals surface area contributed by atoms with Gasteiger partial charge in [-0.1, -0.05) is 29.4 Å². The zero-order valence-corrected chi connectivity index (χ0v) is 12.0. The summed E-state index contributed by atoms with van der Waals surface area (Å²) >= 11 is 3.09. The van der Waals surface area contributed by atoms with Gasteiger partial charge in [-0.2, -0.15) is 0 Å². The van der Waals surface area contributed by atoms with Gasteiger partial charge in [0.15, 0.2) is 5.84 Å². The number of nitrogens with two attached hydrogens (primary N) is 1. The van der Waals surface area contributed by atoms with Gasteiger partial charge in [-0.15, -0.1) is 0 Å². The molecule has 0 heterocycles. The molecule has 104 valence electrons. The van der Waals surface area contributed by atoms with Crippen molar-refractivity contribution >= 4 is 21.8 Å². The smallest absolute Gasteiger partial charge is 0.170 e. The van der Waals surface area contributed by atoms with Crippen molar-refractivity contribution in [2.45, 2.75) is 6.61 Å². The van der Waals surface area contributed by atoms with Crippen molar-refractivity contribution in [3.05, 3.63) is 63.9 Å². The first-order valence-corrected chi connectivity index (χ1v) is 6.54. The summed E-state index contributed by atoms with van der Waals surface area (Å²) < 4.78 is 19.0. The van der Waals surface area contributed by atoms with E-state index in [1.165, 1.54) is 12.1 Å². The number of nitrogens with zero attached hydrogens (tertiary/aromatic N) is 1. The number of amidine groups is 1. The van der Waals surface area contributed by atoms with Gasteiger partial charge in [0.25, 0.3) is 0 Å². The van der Waals surface area contributed by atoms with Gasteiger partial charge in [-0.3, -0.25) is 0 Å². The fourth-order valence-corrected chi connectivity index (χ4v) is 2.04. The van der Waals surface area contributed by atoms with Crippen LogP contribution in [0.15, 0.2) is 52.1 Å². The summed E-state index contributed by atoms with van der Waals surface area (Å²) in [6, 6.07) is 11.5. The Labute approximate surface area is 123 Å². The van der Waals surface area contributed by atoms with E-state index in [1.54, 1.807) is 18.2 Å². The second-order valence-electron chi connectivity index (χ2n) is 4.01. The average Bonchev–Trinajstić information content (AvgIpc) is 2.48. The molecule has 0 aromatic heterocycles. The van der Waals surface area contributed by atoms with Crippen LogP contribution < -0.4 is 10.5 Å². The van der Waals surface area contributed by atoms with Gasteiger partial charge in [0.05, 0.1) is 4.47 Å². The van der Waals surface area contributed by atoms with E-state index in [0.717, 1.165) is 5.56 Å². The summed E-state index contributed by atoms with van der Waals surface area (Å²) in [6.07, 6.45) is 0. The second-order valence-corrected chi connectivity index (χ2v) is 4.86. The fourth-order valence-electron chi connectivity index (χ4n) is 1.68. The zero-order chi connectivity index (χ0) is 14.5. The third-order valence-corrected chi connectivity index (χ3v) is 3.29. The van der Waals surface area contributed by atoms with Crippen LogP contribution in [0.3, 0.4) is 0 Å². The highest BCUT2D eigenvalue weighted by Crippen LogP contribution is 2.22. The maximum absolute atomic E-state index is 13.1. The summed E-state index contributed by atoms with van der Waals surface area (Å²) in [7, 11) is 0. The Kier molecular flexibility index (Phi) is 4.57. The zero-order valence-electron chi connectivity index (χ0n) is 10.4. The molecule has 20 heavy (non-hydrogen) atoms. The van der Waals surface area contributed by atoms with E-state index in [-0.39, 0.29) is 18.3 Å². The Morgan fingerprint density at radius 2 is 2.05 bits per heavy atom. The van der Waals surface area contributed by atoms with E-state index >= 15 is 0 Å². The molecule has 0 aliphatic carbocycles. The normalized spacial score (nSPS) is 11.4. The van der Waals surface area contributed by atoms with Crippen molar-refractivity contribution < 1.29 is 14.3 Å². The number of ether oxygens (including phenoxy) is 1. The summed E-state index contributed by atoms with van der Waals surface area (Å²) in [5.41, 5.74) is 6.96. The molecule has 2 aromatic carbocycles. The quantitative estimate of drug-likeness (QED) is 0.389. The van der Waals surface area contributed by atoms with Gasteiger partial charge in [-0.25, -0.2) is 4.39 Å². The van der Waals surface area contributed by atoms with Crippen LogP contribution in [0.1, 0.15) is 11.1 Å². The molecule has 0 radical (unpaired) electrons. The number of halogens is 2. The molecular weight excluding hydrogens is 327 g/mol. The Bertz CT molecular complexity index is 647. The monoisotopic (exact) mass is 338 g/mol. The van der Waals surface area contributed by atoms with Gasteiger partial charge in [-0.05, 0) is 34.1 Å². The number of rotatable bonds is 4. The molecule has 0 unspecified atom stereocenters. The molecule has 0 saturated carbocycles. The van der Waals surface area contributed by atoms with Crippen LogP contribution >= 0.6 is 15.9 Å². The van der Waals surface area contributed by atoms with Gasteiger partial charge >= 0.3 is 0 Å². The molecule has 3 N–H and O–H groups in total. The molecule has 0 bridgehead atoms. The van der Waals surface area contributed by atoms with Gasteiger partial charge in [0.2, 0.25) is 0 Å². The predicted molar refractivity (Wildman–Crippen MR) is 77.4 cm³/mol.